The molecule has 3 fully saturated rings. The molecule has 0 N–H and O–H groups in total. The first-order chi connectivity index (χ1) is 11.4. The zero-order valence-corrected chi connectivity index (χ0v) is 14.6. The van der Waals surface area contributed by atoms with Gasteiger partial charge in [-0.3, -0.25) is 4.90 Å². The lowest BCUT2D eigenvalue weighted by Crippen LogP contribution is -2.48. The maximum atomic E-state index is 5.46. The molecule has 0 amide bonds. The van der Waals surface area contributed by atoms with Gasteiger partial charge in [0.1, 0.15) is 0 Å². The topological polar surface area (TPSA) is 56.1 Å². The molecule has 6 nitrogen and oxygen atoms in total. The van der Waals surface area contributed by atoms with Crippen LogP contribution in [0, 0.1) is 5.92 Å². The predicted octanol–water partition coefficient (Wildman–Crippen LogP) is 1.96. The van der Waals surface area contributed by atoms with Crippen LogP contribution >= 0.6 is 11.8 Å². The summed E-state index contributed by atoms with van der Waals surface area (Å²) in [5.74, 6) is 2.96. The van der Waals surface area contributed by atoms with Gasteiger partial charge in [-0.05, 0) is 42.0 Å². The first-order valence-electron chi connectivity index (χ1n) is 9.08. The van der Waals surface area contributed by atoms with Crippen molar-refractivity contribution in [2.75, 3.05) is 25.5 Å². The summed E-state index contributed by atoms with van der Waals surface area (Å²) < 4.78 is 7.51. The molecule has 0 radical (unpaired) electrons. The van der Waals surface area contributed by atoms with E-state index in [9.17, 15) is 0 Å². The minimum Gasteiger partial charge on any atom is -0.381 e. The van der Waals surface area contributed by atoms with Gasteiger partial charge in [-0.25, -0.2) is 4.68 Å². The Balaban J connectivity index is 1.41. The normalized spacial score (nSPS) is 30.3. The van der Waals surface area contributed by atoms with E-state index in [1.807, 2.05) is 0 Å². The first-order valence-corrected chi connectivity index (χ1v) is 10.1. The van der Waals surface area contributed by atoms with Crippen molar-refractivity contribution in [2.24, 2.45) is 5.92 Å². The fourth-order valence-electron chi connectivity index (χ4n) is 4.21. The Morgan fingerprint density at radius 1 is 1.13 bits per heavy atom. The molecule has 2 aliphatic heterocycles. The molecule has 2 atom stereocenters. The third-order valence-electron chi connectivity index (χ3n) is 5.57. The molecule has 23 heavy (non-hydrogen) atoms. The van der Waals surface area contributed by atoms with E-state index in [0.717, 1.165) is 56.3 Å². The molecule has 1 aliphatic carbocycles. The number of fused-ring (bicyclic) bond motifs is 1. The monoisotopic (exact) mass is 337 g/mol. The Morgan fingerprint density at radius 3 is 2.91 bits per heavy atom. The number of rotatable bonds is 4. The lowest BCUT2D eigenvalue weighted by Gasteiger charge is -2.43. The summed E-state index contributed by atoms with van der Waals surface area (Å²) in [4.78, 5) is 2.65. The quantitative estimate of drug-likeness (QED) is 0.837. The van der Waals surface area contributed by atoms with Crippen LogP contribution in [0.2, 0.25) is 0 Å². The summed E-state index contributed by atoms with van der Waals surface area (Å²) in [7, 11) is 0. The van der Waals surface area contributed by atoms with Gasteiger partial charge in [-0.1, -0.05) is 12.8 Å². The number of thioether (sulfide) groups is 1. The van der Waals surface area contributed by atoms with Crippen LogP contribution in [0.4, 0.5) is 0 Å². The van der Waals surface area contributed by atoms with Crippen molar-refractivity contribution in [1.29, 1.82) is 0 Å². The lowest BCUT2D eigenvalue weighted by molar-refractivity contribution is 0.0591. The van der Waals surface area contributed by atoms with Gasteiger partial charge in [0.15, 0.2) is 5.82 Å². The molecule has 128 valence electrons. The molecule has 2 saturated heterocycles. The summed E-state index contributed by atoms with van der Waals surface area (Å²) >= 11 is 2.18. The van der Waals surface area contributed by atoms with Crippen molar-refractivity contribution >= 4 is 11.8 Å². The Kier molecular flexibility index (Phi) is 5.16. The molecule has 0 unspecified atom stereocenters. The molecule has 0 aromatic carbocycles. The highest BCUT2D eigenvalue weighted by Crippen LogP contribution is 2.36. The number of ether oxygens (including phenoxy) is 1. The van der Waals surface area contributed by atoms with Crippen LogP contribution < -0.4 is 0 Å². The Morgan fingerprint density at radius 2 is 2.00 bits per heavy atom. The van der Waals surface area contributed by atoms with Crippen molar-refractivity contribution in [1.82, 2.24) is 25.1 Å². The van der Waals surface area contributed by atoms with E-state index in [1.54, 1.807) is 0 Å². The molecule has 3 heterocycles. The van der Waals surface area contributed by atoms with E-state index in [0.29, 0.717) is 5.92 Å². The van der Waals surface area contributed by atoms with Gasteiger partial charge in [0.25, 0.3) is 0 Å². The maximum absolute atomic E-state index is 5.46. The highest BCUT2D eigenvalue weighted by molar-refractivity contribution is 8.00. The van der Waals surface area contributed by atoms with E-state index in [4.69, 9.17) is 4.74 Å². The second-order valence-electron chi connectivity index (χ2n) is 7.06. The molecule has 1 aromatic heterocycles. The zero-order valence-electron chi connectivity index (χ0n) is 13.8. The van der Waals surface area contributed by atoms with Gasteiger partial charge in [-0.2, -0.15) is 11.8 Å². The molecule has 3 aliphatic rings. The number of tetrazole rings is 1. The van der Waals surface area contributed by atoms with Gasteiger partial charge < -0.3 is 4.74 Å². The van der Waals surface area contributed by atoms with E-state index in [-0.39, 0.29) is 0 Å². The number of hydrogen-bond acceptors (Lipinski definition) is 6. The average molecular weight is 337 g/mol. The molecule has 1 aromatic rings. The van der Waals surface area contributed by atoms with Crippen molar-refractivity contribution < 1.29 is 4.74 Å². The molecule has 0 spiro atoms. The second kappa shape index (κ2) is 7.49. The van der Waals surface area contributed by atoms with Crippen molar-refractivity contribution in [2.45, 2.75) is 62.9 Å². The SMILES string of the molecule is C1CC[C@H]2[C@@H](C1)SCCN2Cc1nnnn1CC1CCOCC1. The van der Waals surface area contributed by atoms with Crippen LogP contribution in [-0.4, -0.2) is 61.9 Å². The van der Waals surface area contributed by atoms with E-state index in [2.05, 4.69) is 36.9 Å². The van der Waals surface area contributed by atoms with E-state index >= 15 is 0 Å². The van der Waals surface area contributed by atoms with Crippen LogP contribution in [0.5, 0.6) is 0 Å². The maximum Gasteiger partial charge on any atom is 0.165 e. The highest BCUT2D eigenvalue weighted by atomic mass is 32.2. The third-order valence-corrected chi connectivity index (χ3v) is 6.97. The number of hydrogen-bond donors (Lipinski definition) is 0. The lowest BCUT2D eigenvalue weighted by atomic mass is 9.93. The van der Waals surface area contributed by atoms with E-state index in [1.165, 1.54) is 38.0 Å². The Hall–Kier alpha value is -0.660. The van der Waals surface area contributed by atoms with Crippen LogP contribution in [0.3, 0.4) is 0 Å². The van der Waals surface area contributed by atoms with Crippen LogP contribution in [0.15, 0.2) is 0 Å². The van der Waals surface area contributed by atoms with Crippen molar-refractivity contribution in [3.63, 3.8) is 0 Å². The largest absolute Gasteiger partial charge is 0.381 e. The summed E-state index contributed by atoms with van der Waals surface area (Å²) in [5, 5.41) is 13.4. The summed E-state index contributed by atoms with van der Waals surface area (Å²) in [5.41, 5.74) is 0. The summed E-state index contributed by atoms with van der Waals surface area (Å²) in [6, 6.07) is 0.732. The molecule has 4 rings (SSSR count). The molecular formula is C16H27N5OS. The predicted molar refractivity (Wildman–Crippen MR) is 90.3 cm³/mol. The van der Waals surface area contributed by atoms with Crippen LogP contribution in [-0.2, 0) is 17.8 Å². The fraction of sp³-hybridized carbons (Fsp3) is 0.938. The number of aromatic nitrogens is 4. The third kappa shape index (κ3) is 3.72. The van der Waals surface area contributed by atoms with Gasteiger partial charge in [0, 0.05) is 43.3 Å². The summed E-state index contributed by atoms with van der Waals surface area (Å²) in [6.45, 7) is 4.81. The molecule has 0 bridgehead atoms. The average Bonchev–Trinajstić information content (AvgIpc) is 3.03. The second-order valence-corrected chi connectivity index (χ2v) is 8.41. The van der Waals surface area contributed by atoms with Gasteiger partial charge in [0.2, 0.25) is 0 Å². The number of nitrogens with zero attached hydrogens (tertiary/aromatic N) is 5. The first kappa shape index (κ1) is 15.8. The fourth-order valence-corrected chi connectivity index (χ4v) is 5.71. The van der Waals surface area contributed by atoms with Gasteiger partial charge in [-0.15, -0.1) is 5.10 Å². The molecule has 1 saturated carbocycles. The molecular weight excluding hydrogens is 310 g/mol. The molecule has 7 heteroatoms. The zero-order chi connectivity index (χ0) is 15.5. The van der Waals surface area contributed by atoms with Gasteiger partial charge >= 0.3 is 0 Å². The Labute approximate surface area is 142 Å². The highest BCUT2D eigenvalue weighted by Gasteiger charge is 2.34. The van der Waals surface area contributed by atoms with E-state index < -0.39 is 0 Å². The summed E-state index contributed by atoms with van der Waals surface area (Å²) in [6.07, 6.45) is 7.78. The van der Waals surface area contributed by atoms with Crippen molar-refractivity contribution in [3.05, 3.63) is 5.82 Å². The smallest absolute Gasteiger partial charge is 0.165 e. The van der Waals surface area contributed by atoms with Crippen LogP contribution in [0.25, 0.3) is 0 Å². The van der Waals surface area contributed by atoms with Crippen LogP contribution in [0.1, 0.15) is 44.3 Å². The van der Waals surface area contributed by atoms with Gasteiger partial charge in [0.05, 0.1) is 6.54 Å². The minimum atomic E-state index is 0.658. The standard InChI is InChI=1S/C16H27N5OS/c1-2-4-15-14(3-1)20(7-10-23-15)12-16-17-18-19-21(16)11-13-5-8-22-9-6-13/h13-15H,1-12H2/t14-,15+/m0/s1. The van der Waals surface area contributed by atoms with Crippen molar-refractivity contribution in [3.8, 4) is 0 Å². The minimum absolute atomic E-state index is 0.658. The Bertz CT molecular complexity index is 502.